The van der Waals surface area contributed by atoms with E-state index in [2.05, 4.69) is 32.8 Å². The van der Waals surface area contributed by atoms with E-state index in [0.29, 0.717) is 40.1 Å². The summed E-state index contributed by atoms with van der Waals surface area (Å²) in [6, 6.07) is 5.54. The number of nitrogens with one attached hydrogen (secondary N) is 3. The number of aryl methyl sites for hydroxylation is 1. The zero-order valence-electron chi connectivity index (χ0n) is 21.4. The summed E-state index contributed by atoms with van der Waals surface area (Å²) < 4.78 is 13.4. The number of halogens is 2. The topological polar surface area (TPSA) is 91.8 Å². The molecule has 0 saturated heterocycles. The Morgan fingerprint density at radius 1 is 1.08 bits per heavy atom. The normalized spacial score (nSPS) is 21.1. The second kappa shape index (κ2) is 12.1. The quantitative estimate of drug-likeness (QED) is 0.310. The maximum absolute atomic E-state index is 13.4. The second-order valence-electron chi connectivity index (χ2n) is 10.3. The van der Waals surface area contributed by atoms with Crippen LogP contribution in [0.4, 0.5) is 26.4 Å². The smallest absolute Gasteiger partial charge is 0.323 e. The van der Waals surface area contributed by atoms with Crippen molar-refractivity contribution in [1.29, 1.82) is 0 Å². The first kappa shape index (κ1) is 27.1. The molecule has 2 heterocycles. The number of rotatable bonds is 4. The first-order valence-corrected chi connectivity index (χ1v) is 13.3. The lowest BCUT2D eigenvalue weighted by atomic mass is 9.64. The number of hydrogen-bond acceptors (Lipinski definition) is 5. The molecule has 4 rings (SSSR count). The van der Waals surface area contributed by atoms with Gasteiger partial charge in [-0.1, -0.05) is 68.8 Å². The third-order valence-electron chi connectivity index (χ3n) is 6.85. The Morgan fingerprint density at radius 3 is 2.57 bits per heavy atom. The molecule has 2 radical (unpaired) electrons. The van der Waals surface area contributed by atoms with Crippen molar-refractivity contribution in [3.63, 3.8) is 0 Å². The third kappa shape index (κ3) is 7.77. The average Bonchev–Trinajstić information content (AvgIpc) is 2.87. The largest absolute Gasteiger partial charge is 0.366 e. The number of benzene rings is 1. The van der Waals surface area contributed by atoms with Crippen LogP contribution in [0.25, 0.3) is 11.2 Å². The zero-order chi connectivity index (χ0) is 26.4. The number of pyridine rings is 1. The molecule has 1 saturated carbocycles. The van der Waals surface area contributed by atoms with Gasteiger partial charge in [-0.25, -0.2) is 24.1 Å². The maximum atomic E-state index is 13.4. The van der Waals surface area contributed by atoms with Crippen LogP contribution in [-0.4, -0.2) is 34.9 Å². The summed E-state index contributed by atoms with van der Waals surface area (Å²) in [5, 5.41) is 8.84. The van der Waals surface area contributed by atoms with Crippen LogP contribution < -0.4 is 16.0 Å². The van der Waals surface area contributed by atoms with Crippen LogP contribution in [0.2, 0.25) is 10.3 Å². The molecule has 1 aromatic carbocycles. The third-order valence-corrected chi connectivity index (χ3v) is 7.14. The molecular weight excluding hydrogens is 490 g/mol. The molecule has 0 spiro atoms. The molecule has 2 amide bonds. The van der Waals surface area contributed by atoms with E-state index in [1.807, 2.05) is 0 Å². The van der Waals surface area contributed by atoms with E-state index in [-0.39, 0.29) is 10.3 Å². The monoisotopic (exact) mass is 522 g/mol. The van der Waals surface area contributed by atoms with Gasteiger partial charge in [-0.3, -0.25) is 0 Å². The average molecular weight is 523 g/mol. The van der Waals surface area contributed by atoms with Crippen LogP contribution in [0.15, 0.2) is 30.5 Å². The fourth-order valence-corrected chi connectivity index (χ4v) is 4.91. The van der Waals surface area contributed by atoms with E-state index in [9.17, 15) is 9.18 Å². The highest BCUT2D eigenvalue weighted by Gasteiger charge is 2.19. The van der Waals surface area contributed by atoms with Crippen molar-refractivity contribution in [3.05, 3.63) is 47.0 Å². The van der Waals surface area contributed by atoms with Crippen molar-refractivity contribution >= 4 is 53.8 Å². The summed E-state index contributed by atoms with van der Waals surface area (Å²) in [5.74, 6) is 0.152. The molecule has 7 nitrogen and oxygen atoms in total. The Balaban J connectivity index is 1.41. The predicted molar refractivity (Wildman–Crippen MR) is 149 cm³/mol. The van der Waals surface area contributed by atoms with Crippen molar-refractivity contribution in [2.45, 2.75) is 83.0 Å². The van der Waals surface area contributed by atoms with E-state index in [4.69, 9.17) is 24.4 Å². The highest BCUT2D eigenvalue weighted by Crippen LogP contribution is 2.35. The molecule has 1 fully saturated rings. The van der Waals surface area contributed by atoms with E-state index >= 15 is 0 Å². The summed E-state index contributed by atoms with van der Waals surface area (Å²) in [6.45, 7) is 3.97. The summed E-state index contributed by atoms with van der Waals surface area (Å²) >= 11 is 5.79. The fraction of sp³-hybridized carbons (Fsp3) is 0.481. The molecule has 10 heteroatoms. The number of anilines is 3. The van der Waals surface area contributed by atoms with Crippen LogP contribution in [0.1, 0.15) is 70.4 Å². The Bertz CT molecular complexity index is 1260. The first-order chi connectivity index (χ1) is 17.7. The van der Waals surface area contributed by atoms with E-state index < -0.39 is 11.8 Å². The molecular formula is C27H33BClFN6O. The minimum atomic E-state index is -0.551. The van der Waals surface area contributed by atoms with Crippen LogP contribution >= 0.6 is 11.6 Å². The van der Waals surface area contributed by atoms with Crippen LogP contribution in [0.5, 0.6) is 0 Å². The summed E-state index contributed by atoms with van der Waals surface area (Å²) in [7, 11) is 6.44. The fourth-order valence-electron chi connectivity index (χ4n) is 4.73. The Labute approximate surface area is 223 Å². The number of hydrogen-bond donors (Lipinski definition) is 3. The Kier molecular flexibility index (Phi) is 8.85. The van der Waals surface area contributed by atoms with Crippen molar-refractivity contribution in [1.82, 2.24) is 15.0 Å². The van der Waals surface area contributed by atoms with Crippen molar-refractivity contribution in [3.8, 4) is 0 Å². The lowest BCUT2D eigenvalue weighted by molar-refractivity contribution is 0.262. The molecule has 3 aromatic rings. The summed E-state index contributed by atoms with van der Waals surface area (Å²) in [4.78, 5) is 26.2. The predicted octanol–water partition coefficient (Wildman–Crippen LogP) is 7.42. The SMILES string of the molecule is [B]C1(C)CCCCCC(Nc2cnc3cc(NC(=O)Nc4ccc(F)c(Cl)c4)c(C)nc3n2)CCCC1. The number of carbonyl (C=O) groups excluding carboxylic acids is 1. The molecule has 2 unspecified atom stereocenters. The lowest BCUT2D eigenvalue weighted by Gasteiger charge is -2.24. The first-order valence-electron chi connectivity index (χ1n) is 12.9. The number of aromatic nitrogens is 3. The molecule has 1 aliphatic carbocycles. The van der Waals surface area contributed by atoms with Crippen molar-refractivity contribution < 1.29 is 9.18 Å². The van der Waals surface area contributed by atoms with E-state index in [0.717, 1.165) is 44.9 Å². The molecule has 37 heavy (non-hydrogen) atoms. The molecule has 0 aliphatic heterocycles. The molecule has 3 N–H and O–H groups in total. The minimum absolute atomic E-state index is 0.0519. The van der Waals surface area contributed by atoms with Gasteiger partial charge in [0.1, 0.15) is 17.2 Å². The molecule has 2 atom stereocenters. The van der Waals surface area contributed by atoms with Gasteiger partial charge in [-0.2, -0.15) is 0 Å². The highest BCUT2D eigenvalue weighted by molar-refractivity contribution is 6.31. The van der Waals surface area contributed by atoms with Crippen LogP contribution in [0.3, 0.4) is 0 Å². The molecule has 1 aliphatic rings. The number of nitrogens with zero attached hydrogens (tertiary/aromatic N) is 3. The minimum Gasteiger partial charge on any atom is -0.366 e. The standard InChI is InChI=1S/C27H33BClFN6O/c1-17-22(35-26(37)34-19-10-11-21(30)20(29)14-19)15-23-25(32-17)36-24(16-31-23)33-18-8-4-3-6-12-27(2,28)13-7-5-9-18/h10-11,14-16,18H,3-9,12-13H2,1-2H3,(H,32,33,36)(H2,34,35,37). The van der Waals surface area contributed by atoms with Gasteiger partial charge in [0.05, 0.1) is 30.4 Å². The van der Waals surface area contributed by atoms with Crippen molar-refractivity contribution in [2.24, 2.45) is 0 Å². The maximum Gasteiger partial charge on any atom is 0.323 e. The van der Waals surface area contributed by atoms with Gasteiger partial charge in [0.15, 0.2) is 5.65 Å². The van der Waals surface area contributed by atoms with Crippen LogP contribution in [0, 0.1) is 12.7 Å². The van der Waals surface area contributed by atoms with Crippen LogP contribution in [-0.2, 0) is 0 Å². The van der Waals surface area contributed by atoms with Gasteiger partial charge in [-0.05, 0) is 44.0 Å². The molecule has 2 aromatic heterocycles. The highest BCUT2D eigenvalue weighted by atomic mass is 35.5. The lowest BCUT2D eigenvalue weighted by Crippen LogP contribution is -2.21. The van der Waals surface area contributed by atoms with E-state index in [1.165, 1.54) is 31.0 Å². The van der Waals surface area contributed by atoms with Gasteiger partial charge in [-0.15, -0.1) is 0 Å². The zero-order valence-corrected chi connectivity index (χ0v) is 22.2. The number of fused-ring (bicyclic) bond motifs is 1. The number of amides is 2. The Morgan fingerprint density at radius 2 is 1.81 bits per heavy atom. The van der Waals surface area contributed by atoms with E-state index in [1.54, 1.807) is 19.2 Å². The Hall–Kier alpha value is -2.94. The summed E-state index contributed by atoms with van der Waals surface area (Å²) in [6.07, 6.45) is 11.8. The summed E-state index contributed by atoms with van der Waals surface area (Å²) in [5.41, 5.74) is 2.56. The number of carbonyl (C=O) groups is 1. The van der Waals surface area contributed by atoms with Gasteiger partial charge in [0.25, 0.3) is 0 Å². The van der Waals surface area contributed by atoms with Gasteiger partial charge < -0.3 is 16.0 Å². The molecule has 194 valence electrons. The van der Waals surface area contributed by atoms with Gasteiger partial charge in [0, 0.05) is 11.7 Å². The van der Waals surface area contributed by atoms with Gasteiger partial charge in [0.2, 0.25) is 0 Å². The molecule has 0 bridgehead atoms. The van der Waals surface area contributed by atoms with Gasteiger partial charge >= 0.3 is 6.03 Å². The number of urea groups is 1. The second-order valence-corrected chi connectivity index (χ2v) is 10.7. The van der Waals surface area contributed by atoms with Crippen molar-refractivity contribution in [2.75, 3.05) is 16.0 Å².